The molecule has 1 saturated heterocycles. The maximum Gasteiger partial charge on any atom is 0.133 e. The van der Waals surface area contributed by atoms with E-state index in [1.807, 2.05) is 6.07 Å². The molecule has 2 unspecified atom stereocenters. The van der Waals surface area contributed by atoms with Crippen molar-refractivity contribution in [2.45, 2.75) is 31.3 Å². The van der Waals surface area contributed by atoms with E-state index in [2.05, 4.69) is 52.4 Å². The van der Waals surface area contributed by atoms with Crippen molar-refractivity contribution in [2.75, 3.05) is 27.7 Å². The van der Waals surface area contributed by atoms with Crippen LogP contribution in [0.25, 0.3) is 0 Å². The fourth-order valence-corrected chi connectivity index (χ4v) is 3.46. The highest BCUT2D eigenvalue weighted by Crippen LogP contribution is 2.32. The second-order valence-electron chi connectivity index (χ2n) is 5.36. The monoisotopic (exact) mass is 326 g/mol. The molecule has 1 aliphatic rings. The van der Waals surface area contributed by atoms with E-state index in [9.17, 15) is 0 Å². The van der Waals surface area contributed by atoms with Crippen LogP contribution in [0.5, 0.6) is 5.75 Å². The van der Waals surface area contributed by atoms with E-state index in [-0.39, 0.29) is 0 Å². The van der Waals surface area contributed by atoms with Crippen LogP contribution in [0.4, 0.5) is 0 Å². The van der Waals surface area contributed by atoms with Crippen molar-refractivity contribution in [3.63, 3.8) is 0 Å². The molecule has 0 radical (unpaired) electrons. The number of hydrogen-bond acceptors (Lipinski definition) is 3. The van der Waals surface area contributed by atoms with Gasteiger partial charge in [0.2, 0.25) is 0 Å². The van der Waals surface area contributed by atoms with Gasteiger partial charge in [0.25, 0.3) is 0 Å². The van der Waals surface area contributed by atoms with Crippen LogP contribution in [0.15, 0.2) is 22.7 Å². The first-order chi connectivity index (χ1) is 9.13. The van der Waals surface area contributed by atoms with Crippen molar-refractivity contribution < 1.29 is 4.74 Å². The molecule has 106 valence electrons. The van der Waals surface area contributed by atoms with Gasteiger partial charge in [-0.05, 0) is 67.1 Å². The summed E-state index contributed by atoms with van der Waals surface area (Å²) in [5.41, 5.74) is 1.33. The molecule has 0 spiro atoms. The van der Waals surface area contributed by atoms with E-state index in [1.165, 1.54) is 24.8 Å². The van der Waals surface area contributed by atoms with Crippen LogP contribution < -0.4 is 10.1 Å². The standard InChI is InChI=1S/C15H23BrN2O/c1-18(2)15(13-6-4-5-9-17-13)11-7-8-14(19-3)12(16)10-11/h7-8,10,13,15,17H,4-6,9H2,1-3H3. The predicted molar refractivity (Wildman–Crippen MR) is 82.8 cm³/mol. The first kappa shape index (κ1) is 14.8. The molecule has 3 nitrogen and oxygen atoms in total. The molecule has 19 heavy (non-hydrogen) atoms. The second-order valence-corrected chi connectivity index (χ2v) is 6.21. The summed E-state index contributed by atoms with van der Waals surface area (Å²) in [6, 6.07) is 7.33. The van der Waals surface area contributed by atoms with Crippen molar-refractivity contribution >= 4 is 15.9 Å². The SMILES string of the molecule is COc1ccc(C(C2CCCCN2)N(C)C)cc1Br. The summed E-state index contributed by atoms with van der Waals surface area (Å²) in [6.45, 7) is 1.13. The number of piperidine rings is 1. The zero-order chi connectivity index (χ0) is 13.8. The van der Waals surface area contributed by atoms with Gasteiger partial charge in [-0.15, -0.1) is 0 Å². The van der Waals surface area contributed by atoms with Crippen molar-refractivity contribution in [2.24, 2.45) is 0 Å². The number of benzene rings is 1. The number of nitrogens with zero attached hydrogens (tertiary/aromatic N) is 1. The first-order valence-corrected chi connectivity index (χ1v) is 7.66. The second kappa shape index (κ2) is 6.73. The largest absolute Gasteiger partial charge is 0.496 e. The van der Waals surface area contributed by atoms with E-state index >= 15 is 0 Å². The van der Waals surface area contributed by atoms with Gasteiger partial charge in [0, 0.05) is 12.1 Å². The van der Waals surface area contributed by atoms with Crippen LogP contribution in [0.1, 0.15) is 30.9 Å². The van der Waals surface area contributed by atoms with Gasteiger partial charge in [-0.3, -0.25) is 0 Å². The van der Waals surface area contributed by atoms with Crippen molar-refractivity contribution in [3.05, 3.63) is 28.2 Å². The van der Waals surface area contributed by atoms with Gasteiger partial charge in [0.15, 0.2) is 0 Å². The summed E-state index contributed by atoms with van der Waals surface area (Å²) < 4.78 is 6.33. The summed E-state index contributed by atoms with van der Waals surface area (Å²) in [6.07, 6.45) is 3.86. The summed E-state index contributed by atoms with van der Waals surface area (Å²) >= 11 is 3.58. The molecule has 1 fully saturated rings. The highest BCUT2D eigenvalue weighted by Gasteiger charge is 2.26. The minimum Gasteiger partial charge on any atom is -0.496 e. The summed E-state index contributed by atoms with van der Waals surface area (Å²) in [4.78, 5) is 2.30. The third kappa shape index (κ3) is 3.50. The number of nitrogens with one attached hydrogen (secondary N) is 1. The van der Waals surface area contributed by atoms with Crippen LogP contribution in [0.2, 0.25) is 0 Å². The fourth-order valence-electron chi connectivity index (χ4n) is 2.91. The molecular weight excluding hydrogens is 304 g/mol. The number of likely N-dealkylation sites (N-methyl/N-ethyl adjacent to an activating group) is 1. The number of ether oxygens (including phenoxy) is 1. The zero-order valence-corrected chi connectivity index (χ0v) is 13.5. The van der Waals surface area contributed by atoms with E-state index < -0.39 is 0 Å². The highest BCUT2D eigenvalue weighted by atomic mass is 79.9. The third-order valence-corrected chi connectivity index (χ3v) is 4.42. The van der Waals surface area contributed by atoms with Crippen molar-refractivity contribution in [1.82, 2.24) is 10.2 Å². The maximum atomic E-state index is 5.31. The van der Waals surface area contributed by atoms with E-state index in [0.717, 1.165) is 16.8 Å². The molecule has 1 aliphatic heterocycles. The summed E-state index contributed by atoms with van der Waals surface area (Å²) in [5.74, 6) is 0.887. The lowest BCUT2D eigenvalue weighted by molar-refractivity contribution is 0.205. The van der Waals surface area contributed by atoms with Crippen LogP contribution in [-0.4, -0.2) is 38.7 Å². The lowest BCUT2D eigenvalue weighted by Crippen LogP contribution is -2.44. The summed E-state index contributed by atoms with van der Waals surface area (Å²) in [7, 11) is 6.00. The van der Waals surface area contributed by atoms with Gasteiger partial charge in [-0.2, -0.15) is 0 Å². The molecule has 1 aromatic carbocycles. The average molecular weight is 327 g/mol. The first-order valence-electron chi connectivity index (χ1n) is 6.86. The molecule has 0 bridgehead atoms. The molecule has 0 amide bonds. The quantitative estimate of drug-likeness (QED) is 0.919. The van der Waals surface area contributed by atoms with E-state index in [1.54, 1.807) is 7.11 Å². The Kier molecular flexibility index (Phi) is 5.25. The summed E-state index contributed by atoms with van der Waals surface area (Å²) in [5, 5.41) is 3.66. The van der Waals surface area contributed by atoms with Crippen LogP contribution in [0.3, 0.4) is 0 Å². The molecule has 0 saturated carbocycles. The Hall–Kier alpha value is -0.580. The molecule has 1 aromatic rings. The highest BCUT2D eigenvalue weighted by molar-refractivity contribution is 9.10. The molecule has 4 heteroatoms. The molecule has 1 N–H and O–H groups in total. The molecule has 2 rings (SSSR count). The minimum absolute atomic E-state index is 0.405. The minimum atomic E-state index is 0.405. The van der Waals surface area contributed by atoms with Crippen LogP contribution in [-0.2, 0) is 0 Å². The normalized spacial score (nSPS) is 21.4. The van der Waals surface area contributed by atoms with Gasteiger partial charge < -0.3 is 15.0 Å². The Morgan fingerprint density at radius 1 is 1.37 bits per heavy atom. The van der Waals surface area contributed by atoms with E-state index in [0.29, 0.717) is 12.1 Å². The Bertz CT molecular complexity index is 417. The Morgan fingerprint density at radius 3 is 2.68 bits per heavy atom. The molecule has 1 heterocycles. The Labute approximate surface area is 124 Å². The molecule has 2 atom stereocenters. The molecular formula is C15H23BrN2O. The zero-order valence-electron chi connectivity index (χ0n) is 11.9. The van der Waals surface area contributed by atoms with Gasteiger partial charge in [0.1, 0.15) is 5.75 Å². The predicted octanol–water partition coefficient (Wildman–Crippen LogP) is 3.20. The van der Waals surface area contributed by atoms with Gasteiger partial charge in [-0.1, -0.05) is 12.5 Å². The van der Waals surface area contributed by atoms with E-state index in [4.69, 9.17) is 4.74 Å². The Morgan fingerprint density at radius 2 is 2.16 bits per heavy atom. The lowest BCUT2D eigenvalue weighted by atomic mass is 9.92. The Balaban J connectivity index is 2.25. The molecule has 0 aliphatic carbocycles. The van der Waals surface area contributed by atoms with Gasteiger partial charge in [0.05, 0.1) is 11.6 Å². The smallest absolute Gasteiger partial charge is 0.133 e. The van der Waals surface area contributed by atoms with Crippen LogP contribution >= 0.6 is 15.9 Å². The van der Waals surface area contributed by atoms with Gasteiger partial charge in [-0.25, -0.2) is 0 Å². The van der Waals surface area contributed by atoms with Gasteiger partial charge >= 0.3 is 0 Å². The number of halogens is 1. The topological polar surface area (TPSA) is 24.5 Å². The molecule has 0 aromatic heterocycles. The van der Waals surface area contributed by atoms with Crippen molar-refractivity contribution in [3.8, 4) is 5.75 Å². The number of hydrogen-bond donors (Lipinski definition) is 1. The number of methoxy groups -OCH3 is 1. The maximum absolute atomic E-state index is 5.31. The lowest BCUT2D eigenvalue weighted by Gasteiger charge is -2.36. The fraction of sp³-hybridized carbons (Fsp3) is 0.600. The van der Waals surface area contributed by atoms with Crippen LogP contribution in [0, 0.1) is 0 Å². The average Bonchev–Trinajstić information content (AvgIpc) is 2.40. The van der Waals surface area contributed by atoms with Crippen molar-refractivity contribution in [1.29, 1.82) is 0 Å². The third-order valence-electron chi connectivity index (χ3n) is 3.80. The number of rotatable bonds is 4.